The van der Waals surface area contributed by atoms with Gasteiger partial charge in [-0.3, -0.25) is 14.8 Å². The van der Waals surface area contributed by atoms with Gasteiger partial charge < -0.3 is 5.73 Å². The van der Waals surface area contributed by atoms with Crippen LogP contribution in [-0.2, 0) is 21.1 Å². The normalized spacial score (nSPS) is 20.9. The second-order valence-electron chi connectivity index (χ2n) is 5.40. The number of carbonyl (C=O) groups excluding carboxylic acids is 1. The standard InChI is InChI=1S/C12H20N4O3S/c1-20(18,19)11-6-14-15-10(11)5-9-3-2-4-16(7-9)8-12(13)17/h6,9H,2-5,7-8H2,1H3,(H2,13,17)(H,14,15)/t9-/m1/s1. The van der Waals surface area contributed by atoms with Crippen LogP contribution in [0.5, 0.6) is 0 Å². The number of primary amides is 1. The number of H-pyrrole nitrogens is 1. The van der Waals surface area contributed by atoms with Gasteiger partial charge in [0.05, 0.1) is 18.4 Å². The van der Waals surface area contributed by atoms with Crippen LogP contribution in [0.2, 0.25) is 0 Å². The Balaban J connectivity index is 2.03. The van der Waals surface area contributed by atoms with E-state index < -0.39 is 9.84 Å². The van der Waals surface area contributed by atoms with E-state index in [1.54, 1.807) is 0 Å². The minimum absolute atomic E-state index is 0.262. The fraction of sp³-hybridized carbons (Fsp3) is 0.667. The van der Waals surface area contributed by atoms with Crippen LogP contribution in [0.25, 0.3) is 0 Å². The van der Waals surface area contributed by atoms with Crippen LogP contribution in [-0.4, -0.2) is 55.3 Å². The Bertz CT molecular complexity index is 581. The molecule has 20 heavy (non-hydrogen) atoms. The highest BCUT2D eigenvalue weighted by atomic mass is 32.2. The van der Waals surface area contributed by atoms with Gasteiger partial charge in [-0.2, -0.15) is 5.10 Å². The molecule has 112 valence electrons. The maximum Gasteiger partial charge on any atom is 0.231 e. The number of aromatic nitrogens is 2. The van der Waals surface area contributed by atoms with E-state index in [0.29, 0.717) is 18.0 Å². The molecule has 1 aromatic heterocycles. The van der Waals surface area contributed by atoms with Gasteiger partial charge in [-0.15, -0.1) is 0 Å². The van der Waals surface area contributed by atoms with Gasteiger partial charge in [-0.1, -0.05) is 0 Å². The maximum absolute atomic E-state index is 11.6. The lowest BCUT2D eigenvalue weighted by atomic mass is 9.93. The second kappa shape index (κ2) is 5.92. The molecule has 1 fully saturated rings. The first-order valence-corrected chi connectivity index (χ1v) is 8.48. The van der Waals surface area contributed by atoms with Gasteiger partial charge in [-0.05, 0) is 31.7 Å². The topological polar surface area (TPSA) is 109 Å². The monoisotopic (exact) mass is 300 g/mol. The van der Waals surface area contributed by atoms with Crippen molar-refractivity contribution < 1.29 is 13.2 Å². The molecule has 8 heteroatoms. The van der Waals surface area contributed by atoms with Crippen LogP contribution < -0.4 is 5.73 Å². The van der Waals surface area contributed by atoms with Crippen LogP contribution in [0.15, 0.2) is 11.1 Å². The SMILES string of the molecule is CS(=O)(=O)c1cn[nH]c1C[C@H]1CCCN(CC(N)=O)C1. The number of nitrogens with two attached hydrogens (primary N) is 1. The molecule has 0 spiro atoms. The molecule has 3 N–H and O–H groups in total. The van der Waals surface area contributed by atoms with E-state index in [1.165, 1.54) is 12.5 Å². The van der Waals surface area contributed by atoms with E-state index in [2.05, 4.69) is 10.2 Å². The highest BCUT2D eigenvalue weighted by Crippen LogP contribution is 2.23. The quantitative estimate of drug-likeness (QED) is 0.765. The van der Waals surface area contributed by atoms with Gasteiger partial charge in [0.1, 0.15) is 4.90 Å². The van der Waals surface area contributed by atoms with Crippen LogP contribution in [0.3, 0.4) is 0 Å². The number of piperidine rings is 1. The Morgan fingerprint density at radius 1 is 1.60 bits per heavy atom. The molecule has 1 aromatic rings. The summed E-state index contributed by atoms with van der Waals surface area (Å²) in [6.07, 6.45) is 5.16. The molecule has 7 nitrogen and oxygen atoms in total. The lowest BCUT2D eigenvalue weighted by molar-refractivity contribution is -0.119. The number of likely N-dealkylation sites (tertiary alicyclic amines) is 1. The summed E-state index contributed by atoms with van der Waals surface area (Å²) in [5.41, 5.74) is 5.86. The molecule has 0 unspecified atom stereocenters. The van der Waals surface area contributed by atoms with Crippen molar-refractivity contribution in [3.63, 3.8) is 0 Å². The van der Waals surface area contributed by atoms with Gasteiger partial charge in [0, 0.05) is 12.8 Å². The second-order valence-corrected chi connectivity index (χ2v) is 7.38. The molecule has 1 saturated heterocycles. The Kier molecular flexibility index (Phi) is 4.44. The van der Waals surface area contributed by atoms with E-state index in [-0.39, 0.29) is 17.3 Å². The first-order chi connectivity index (χ1) is 9.36. The van der Waals surface area contributed by atoms with Crippen LogP contribution in [0, 0.1) is 5.92 Å². The Hall–Kier alpha value is -1.41. The number of aromatic amines is 1. The third-order valence-corrected chi connectivity index (χ3v) is 4.70. The van der Waals surface area contributed by atoms with Gasteiger partial charge in [0.2, 0.25) is 5.91 Å². The largest absolute Gasteiger partial charge is 0.369 e. The summed E-state index contributed by atoms with van der Waals surface area (Å²) < 4.78 is 23.3. The van der Waals surface area contributed by atoms with E-state index in [4.69, 9.17) is 5.73 Å². The van der Waals surface area contributed by atoms with Crippen molar-refractivity contribution in [1.82, 2.24) is 15.1 Å². The average molecular weight is 300 g/mol. The van der Waals surface area contributed by atoms with Gasteiger partial charge >= 0.3 is 0 Å². The molecule has 0 saturated carbocycles. The number of sulfone groups is 1. The van der Waals surface area contributed by atoms with Crippen molar-refractivity contribution in [2.45, 2.75) is 24.2 Å². The molecule has 0 radical (unpaired) electrons. The summed E-state index contributed by atoms with van der Waals surface area (Å²) in [5, 5.41) is 6.61. The number of rotatable bonds is 5. The molecule has 0 aromatic carbocycles. The number of carbonyl (C=O) groups is 1. The molecule has 1 atom stereocenters. The Morgan fingerprint density at radius 3 is 3.00 bits per heavy atom. The fourth-order valence-electron chi connectivity index (χ4n) is 2.74. The van der Waals surface area contributed by atoms with Crippen molar-refractivity contribution >= 4 is 15.7 Å². The highest BCUT2D eigenvalue weighted by molar-refractivity contribution is 7.90. The van der Waals surface area contributed by atoms with E-state index in [9.17, 15) is 13.2 Å². The van der Waals surface area contributed by atoms with E-state index in [1.807, 2.05) is 4.90 Å². The number of nitrogens with one attached hydrogen (secondary N) is 1. The fourth-order valence-corrected chi connectivity index (χ4v) is 3.56. The summed E-state index contributed by atoms with van der Waals surface area (Å²) >= 11 is 0. The molecule has 2 heterocycles. The minimum Gasteiger partial charge on any atom is -0.369 e. The molecule has 0 aliphatic carbocycles. The molecule has 1 aliphatic heterocycles. The predicted octanol–water partition coefficient (Wildman–Crippen LogP) is -0.447. The average Bonchev–Trinajstić information content (AvgIpc) is 2.76. The zero-order valence-electron chi connectivity index (χ0n) is 11.5. The third-order valence-electron chi connectivity index (χ3n) is 3.55. The highest BCUT2D eigenvalue weighted by Gasteiger charge is 2.24. The van der Waals surface area contributed by atoms with Crippen LogP contribution in [0.1, 0.15) is 18.5 Å². The lowest BCUT2D eigenvalue weighted by Crippen LogP contribution is -2.41. The minimum atomic E-state index is -3.25. The first kappa shape index (κ1) is 15.0. The number of hydrogen-bond acceptors (Lipinski definition) is 5. The lowest BCUT2D eigenvalue weighted by Gasteiger charge is -2.31. The van der Waals surface area contributed by atoms with E-state index >= 15 is 0 Å². The summed E-state index contributed by atoms with van der Waals surface area (Å²) in [5.74, 6) is -0.0203. The van der Waals surface area contributed by atoms with Crippen molar-refractivity contribution in [2.75, 3.05) is 25.9 Å². The Labute approximate surface area is 118 Å². The van der Waals surface area contributed by atoms with Crippen molar-refractivity contribution in [1.29, 1.82) is 0 Å². The molecular formula is C12H20N4O3S. The predicted molar refractivity (Wildman–Crippen MR) is 73.8 cm³/mol. The molecule has 1 amide bonds. The van der Waals surface area contributed by atoms with Crippen LogP contribution in [0.4, 0.5) is 0 Å². The Morgan fingerprint density at radius 2 is 2.35 bits per heavy atom. The van der Waals surface area contributed by atoms with Gasteiger partial charge in [0.25, 0.3) is 0 Å². The van der Waals surface area contributed by atoms with E-state index in [0.717, 1.165) is 25.9 Å². The molecular weight excluding hydrogens is 280 g/mol. The third kappa shape index (κ3) is 3.80. The smallest absolute Gasteiger partial charge is 0.231 e. The maximum atomic E-state index is 11.6. The zero-order chi connectivity index (χ0) is 14.8. The first-order valence-electron chi connectivity index (χ1n) is 6.59. The summed E-state index contributed by atoms with van der Waals surface area (Å²) in [7, 11) is -3.25. The molecule has 0 bridgehead atoms. The zero-order valence-corrected chi connectivity index (χ0v) is 12.3. The van der Waals surface area contributed by atoms with Gasteiger partial charge in [-0.25, -0.2) is 8.42 Å². The molecule has 1 aliphatic rings. The van der Waals surface area contributed by atoms with Crippen molar-refractivity contribution in [3.8, 4) is 0 Å². The van der Waals surface area contributed by atoms with Crippen molar-refractivity contribution in [3.05, 3.63) is 11.9 Å². The van der Waals surface area contributed by atoms with Gasteiger partial charge in [0.15, 0.2) is 9.84 Å². The van der Waals surface area contributed by atoms with Crippen molar-refractivity contribution in [2.24, 2.45) is 11.7 Å². The number of hydrogen-bond donors (Lipinski definition) is 2. The number of nitrogens with zero attached hydrogens (tertiary/aromatic N) is 2. The summed E-state index contributed by atoms with van der Waals surface area (Å²) in [6.45, 7) is 1.88. The summed E-state index contributed by atoms with van der Waals surface area (Å²) in [4.78, 5) is 13.3. The number of amides is 1. The summed E-state index contributed by atoms with van der Waals surface area (Å²) in [6, 6.07) is 0. The van der Waals surface area contributed by atoms with Crippen LogP contribution >= 0.6 is 0 Å². The molecule has 2 rings (SSSR count).